The van der Waals surface area contributed by atoms with Crippen LogP contribution in [-0.4, -0.2) is 11.9 Å². The minimum Gasteiger partial charge on any atom is -0.349 e. The Kier molecular flexibility index (Phi) is 4.62. The number of nitrogens with one attached hydrogen (secondary N) is 1. The lowest BCUT2D eigenvalue weighted by Gasteiger charge is -2.28. The van der Waals surface area contributed by atoms with E-state index in [1.807, 2.05) is 13.0 Å². The summed E-state index contributed by atoms with van der Waals surface area (Å²) in [6.07, 6.45) is 0. The average Bonchev–Trinajstić information content (AvgIpc) is 2.20. The van der Waals surface area contributed by atoms with E-state index in [4.69, 9.17) is 11.6 Å². The van der Waals surface area contributed by atoms with Crippen molar-refractivity contribution in [1.29, 1.82) is 0 Å². The molecule has 0 heterocycles. The minimum absolute atomic E-state index is 0.0220. The molecule has 0 spiro atoms. The maximum atomic E-state index is 12.1. The maximum absolute atomic E-state index is 12.1. The summed E-state index contributed by atoms with van der Waals surface area (Å²) >= 11 is 9.34. The summed E-state index contributed by atoms with van der Waals surface area (Å²) in [5.41, 5.74) is 0.519. The molecule has 2 nitrogen and oxygen atoms in total. The Morgan fingerprint density at radius 2 is 2.00 bits per heavy atom. The molecule has 0 fully saturated rings. The monoisotopic (exact) mass is 317 g/mol. The third kappa shape index (κ3) is 4.00. The molecule has 1 aromatic rings. The minimum atomic E-state index is -0.140. The lowest BCUT2D eigenvalue weighted by atomic mass is 9.88. The molecule has 0 aromatic heterocycles. The first-order valence-corrected chi connectivity index (χ1v) is 6.65. The van der Waals surface area contributed by atoms with E-state index in [9.17, 15) is 4.79 Å². The van der Waals surface area contributed by atoms with Crippen molar-refractivity contribution in [1.82, 2.24) is 5.32 Å². The van der Waals surface area contributed by atoms with Crippen molar-refractivity contribution in [2.45, 2.75) is 33.7 Å². The quantitative estimate of drug-likeness (QED) is 0.867. The molecule has 0 saturated carbocycles. The molecule has 0 bridgehead atoms. The molecule has 94 valence electrons. The van der Waals surface area contributed by atoms with Gasteiger partial charge < -0.3 is 5.32 Å². The summed E-state index contributed by atoms with van der Waals surface area (Å²) in [4.78, 5) is 12.1. The zero-order chi connectivity index (χ0) is 13.2. The number of hydrogen-bond donors (Lipinski definition) is 1. The highest BCUT2D eigenvalue weighted by molar-refractivity contribution is 9.10. The van der Waals surface area contributed by atoms with Gasteiger partial charge in [-0.25, -0.2) is 0 Å². The summed E-state index contributed by atoms with van der Waals surface area (Å²) < 4.78 is 0.843. The van der Waals surface area contributed by atoms with Gasteiger partial charge in [0, 0.05) is 10.5 Å². The molecule has 0 aliphatic carbocycles. The van der Waals surface area contributed by atoms with Gasteiger partial charge in [-0.2, -0.15) is 0 Å². The van der Waals surface area contributed by atoms with E-state index >= 15 is 0 Å². The summed E-state index contributed by atoms with van der Waals surface area (Å²) in [5, 5.41) is 3.42. The fraction of sp³-hybridized carbons (Fsp3) is 0.462. The first-order valence-electron chi connectivity index (χ1n) is 5.47. The van der Waals surface area contributed by atoms with Crippen LogP contribution in [0.15, 0.2) is 22.7 Å². The molecule has 1 amide bonds. The zero-order valence-electron chi connectivity index (χ0n) is 10.5. The van der Waals surface area contributed by atoms with Crippen LogP contribution < -0.4 is 5.32 Å². The molecule has 1 rings (SSSR count). The number of halogens is 2. The third-order valence-corrected chi connectivity index (χ3v) is 3.64. The van der Waals surface area contributed by atoms with Crippen LogP contribution in [0.2, 0.25) is 5.02 Å². The second kappa shape index (κ2) is 5.40. The van der Waals surface area contributed by atoms with Crippen LogP contribution in [0.4, 0.5) is 0 Å². The smallest absolute Gasteiger partial charge is 0.253 e. The van der Waals surface area contributed by atoms with E-state index in [0.29, 0.717) is 10.6 Å². The Morgan fingerprint density at radius 1 is 1.41 bits per heavy atom. The van der Waals surface area contributed by atoms with Gasteiger partial charge in [0.2, 0.25) is 0 Å². The van der Waals surface area contributed by atoms with Crippen LogP contribution >= 0.6 is 27.5 Å². The van der Waals surface area contributed by atoms with Gasteiger partial charge in [0.05, 0.1) is 10.6 Å². The zero-order valence-corrected chi connectivity index (χ0v) is 12.8. The lowest BCUT2D eigenvalue weighted by molar-refractivity contribution is 0.0910. The van der Waals surface area contributed by atoms with Gasteiger partial charge in [0.1, 0.15) is 0 Å². The van der Waals surface area contributed by atoms with Crippen molar-refractivity contribution in [3.63, 3.8) is 0 Å². The van der Waals surface area contributed by atoms with Crippen molar-refractivity contribution in [2.24, 2.45) is 5.41 Å². The SMILES string of the molecule is CC(NC(=O)c1cc(Br)ccc1Cl)C(C)(C)C. The van der Waals surface area contributed by atoms with Gasteiger partial charge >= 0.3 is 0 Å². The third-order valence-electron chi connectivity index (χ3n) is 2.82. The van der Waals surface area contributed by atoms with Gasteiger partial charge in [-0.3, -0.25) is 4.79 Å². The highest BCUT2D eigenvalue weighted by Gasteiger charge is 2.23. The topological polar surface area (TPSA) is 29.1 Å². The highest BCUT2D eigenvalue weighted by Crippen LogP contribution is 2.23. The fourth-order valence-electron chi connectivity index (χ4n) is 1.16. The standard InChI is InChI=1S/C13H17BrClNO/c1-8(13(2,3)4)16-12(17)10-7-9(14)5-6-11(10)15/h5-8H,1-4H3,(H,16,17). The Bertz CT molecular complexity index is 426. The Hall–Kier alpha value is -0.540. The Balaban J connectivity index is 2.87. The van der Waals surface area contributed by atoms with Crippen LogP contribution in [0.25, 0.3) is 0 Å². The van der Waals surface area contributed by atoms with Crippen LogP contribution in [0, 0.1) is 5.41 Å². The summed E-state index contributed by atoms with van der Waals surface area (Å²) in [6.45, 7) is 8.24. The van der Waals surface area contributed by atoms with Gasteiger partial charge in [-0.1, -0.05) is 48.3 Å². The molecular weight excluding hydrogens is 302 g/mol. The molecule has 0 aliphatic rings. The first kappa shape index (κ1) is 14.5. The molecule has 1 atom stereocenters. The van der Waals surface area contributed by atoms with Crippen molar-refractivity contribution >= 4 is 33.4 Å². The van der Waals surface area contributed by atoms with Crippen LogP contribution in [0.3, 0.4) is 0 Å². The summed E-state index contributed by atoms with van der Waals surface area (Å²) in [5.74, 6) is -0.140. The number of benzene rings is 1. The van der Waals surface area contributed by atoms with Crippen molar-refractivity contribution in [3.05, 3.63) is 33.3 Å². The highest BCUT2D eigenvalue weighted by atomic mass is 79.9. The van der Waals surface area contributed by atoms with Gasteiger partial charge in [0.25, 0.3) is 5.91 Å². The second-order valence-electron chi connectivity index (χ2n) is 5.19. The molecular formula is C13H17BrClNO. The van der Waals surface area contributed by atoms with Crippen molar-refractivity contribution in [2.75, 3.05) is 0 Å². The largest absolute Gasteiger partial charge is 0.349 e. The number of rotatable bonds is 2. The summed E-state index contributed by atoms with van der Waals surface area (Å²) in [7, 11) is 0. The van der Waals surface area contributed by atoms with Crippen LogP contribution in [-0.2, 0) is 0 Å². The first-order chi connectivity index (χ1) is 7.71. The van der Waals surface area contributed by atoms with E-state index < -0.39 is 0 Å². The molecule has 1 aromatic carbocycles. The van der Waals surface area contributed by atoms with Crippen molar-refractivity contribution in [3.8, 4) is 0 Å². The van der Waals surface area contributed by atoms with E-state index in [1.165, 1.54) is 0 Å². The number of carbonyl (C=O) groups excluding carboxylic acids is 1. The lowest BCUT2D eigenvalue weighted by Crippen LogP contribution is -2.41. The fourth-order valence-corrected chi connectivity index (χ4v) is 1.73. The number of hydrogen-bond acceptors (Lipinski definition) is 1. The van der Waals surface area contributed by atoms with E-state index in [1.54, 1.807) is 12.1 Å². The number of amides is 1. The van der Waals surface area contributed by atoms with Crippen molar-refractivity contribution < 1.29 is 4.79 Å². The molecule has 1 unspecified atom stereocenters. The molecule has 17 heavy (non-hydrogen) atoms. The molecule has 0 aliphatic heterocycles. The summed E-state index contributed by atoms with van der Waals surface area (Å²) in [6, 6.07) is 5.33. The molecule has 0 radical (unpaired) electrons. The van der Waals surface area contributed by atoms with E-state index in [0.717, 1.165) is 4.47 Å². The Morgan fingerprint density at radius 3 is 2.53 bits per heavy atom. The average molecular weight is 319 g/mol. The van der Waals surface area contributed by atoms with Gasteiger partial charge in [0.15, 0.2) is 0 Å². The molecule has 0 saturated heterocycles. The predicted octanol–water partition coefficient (Wildman–Crippen LogP) is 4.27. The van der Waals surface area contributed by atoms with E-state index in [2.05, 4.69) is 42.0 Å². The number of carbonyl (C=O) groups is 1. The Labute approximate surface area is 116 Å². The van der Waals surface area contributed by atoms with E-state index in [-0.39, 0.29) is 17.4 Å². The van der Waals surface area contributed by atoms with Gasteiger partial charge in [-0.05, 0) is 30.5 Å². The van der Waals surface area contributed by atoms with Crippen LogP contribution in [0.1, 0.15) is 38.1 Å². The molecule has 1 N–H and O–H groups in total. The maximum Gasteiger partial charge on any atom is 0.253 e. The second-order valence-corrected chi connectivity index (χ2v) is 6.51. The van der Waals surface area contributed by atoms with Gasteiger partial charge in [-0.15, -0.1) is 0 Å². The predicted molar refractivity (Wildman–Crippen MR) is 75.5 cm³/mol. The molecule has 4 heteroatoms. The van der Waals surface area contributed by atoms with Crippen LogP contribution in [0.5, 0.6) is 0 Å². The normalized spacial score (nSPS) is 13.3.